The molecule has 0 spiro atoms. The molecule has 5 nitrogen and oxygen atoms in total. The average Bonchev–Trinajstić information content (AvgIpc) is 2.79. The number of carbonyl (C=O) groups excluding carboxylic acids is 1. The zero-order valence-electron chi connectivity index (χ0n) is 18.5. The minimum absolute atomic E-state index is 0. The van der Waals surface area contributed by atoms with Crippen molar-refractivity contribution in [3.05, 3.63) is 48.2 Å². The van der Waals surface area contributed by atoms with Gasteiger partial charge >= 0.3 is 0 Å². The van der Waals surface area contributed by atoms with E-state index in [4.69, 9.17) is 4.98 Å². The fourth-order valence-corrected chi connectivity index (χ4v) is 4.30. The molecule has 4 rings (SSSR count). The van der Waals surface area contributed by atoms with Gasteiger partial charge in [-0.1, -0.05) is 12.1 Å². The van der Waals surface area contributed by atoms with E-state index in [-0.39, 0.29) is 30.7 Å². The van der Waals surface area contributed by atoms with Crippen LogP contribution < -0.4 is 4.90 Å². The van der Waals surface area contributed by atoms with Crippen LogP contribution in [0, 0.1) is 0 Å². The van der Waals surface area contributed by atoms with Crippen LogP contribution in [0.15, 0.2) is 42.6 Å². The molecule has 3 heterocycles. The lowest BCUT2D eigenvalue weighted by Crippen LogP contribution is -2.49. The molecule has 170 valence electrons. The van der Waals surface area contributed by atoms with Crippen molar-refractivity contribution in [3.63, 3.8) is 0 Å². The number of anilines is 1. The van der Waals surface area contributed by atoms with Gasteiger partial charge in [0.25, 0.3) is 5.91 Å². The van der Waals surface area contributed by atoms with Crippen molar-refractivity contribution in [1.82, 2.24) is 14.8 Å². The van der Waals surface area contributed by atoms with E-state index in [9.17, 15) is 4.79 Å². The highest BCUT2D eigenvalue weighted by atomic mass is 35.5. The summed E-state index contributed by atoms with van der Waals surface area (Å²) in [6.07, 6.45) is 5.42. The van der Waals surface area contributed by atoms with E-state index in [1.807, 2.05) is 35.4 Å². The molecule has 0 radical (unpaired) electrons. The number of nitrogens with zero attached hydrogens (tertiary/aromatic N) is 4. The first kappa shape index (κ1) is 25.4. The molecule has 2 aromatic rings. The number of hydrogen-bond donors (Lipinski definition) is 0. The number of likely N-dealkylation sites (tertiary alicyclic amines) is 1. The number of pyridine rings is 1. The summed E-state index contributed by atoms with van der Waals surface area (Å²) < 4.78 is 0. The standard InChI is InChI=1S/C24H32N4O.2ClH/c1-19(2)26-14-16-27(17-15-26)23-11-10-22(18-25-23)20-6-8-21(9-7-20)24(29)28-12-4-3-5-13-28;;/h6-11,18-19H,3-5,12-17H2,1-2H3;2*1H. The van der Waals surface area contributed by atoms with Crippen LogP contribution in [0.1, 0.15) is 43.5 Å². The highest BCUT2D eigenvalue weighted by Crippen LogP contribution is 2.23. The summed E-state index contributed by atoms with van der Waals surface area (Å²) in [7, 11) is 0. The maximum absolute atomic E-state index is 12.6. The van der Waals surface area contributed by atoms with Gasteiger partial charge < -0.3 is 9.80 Å². The number of halogens is 2. The molecular formula is C24H34Cl2N4O. The maximum atomic E-state index is 12.6. The Hall–Kier alpha value is -1.82. The Morgan fingerprint density at radius 3 is 1.97 bits per heavy atom. The van der Waals surface area contributed by atoms with Crippen LogP contribution in [0.2, 0.25) is 0 Å². The van der Waals surface area contributed by atoms with Gasteiger partial charge in [0.15, 0.2) is 0 Å². The number of amides is 1. The molecule has 2 aliphatic heterocycles. The van der Waals surface area contributed by atoms with Gasteiger partial charge in [0.1, 0.15) is 5.82 Å². The van der Waals surface area contributed by atoms with Crippen molar-refractivity contribution in [2.45, 2.75) is 39.2 Å². The molecule has 0 aliphatic carbocycles. The topological polar surface area (TPSA) is 39.7 Å². The second-order valence-corrected chi connectivity index (χ2v) is 8.45. The van der Waals surface area contributed by atoms with Crippen LogP contribution in [0.5, 0.6) is 0 Å². The quantitative estimate of drug-likeness (QED) is 0.654. The minimum atomic E-state index is 0. The zero-order valence-corrected chi connectivity index (χ0v) is 20.1. The predicted octanol–water partition coefficient (Wildman–Crippen LogP) is 4.75. The van der Waals surface area contributed by atoms with E-state index in [0.717, 1.165) is 74.6 Å². The monoisotopic (exact) mass is 464 g/mol. The van der Waals surface area contributed by atoms with Gasteiger partial charge in [0, 0.05) is 62.6 Å². The van der Waals surface area contributed by atoms with Crippen LogP contribution in [-0.2, 0) is 0 Å². The lowest BCUT2D eigenvalue weighted by molar-refractivity contribution is 0.0724. The lowest BCUT2D eigenvalue weighted by atomic mass is 10.0. The Bertz CT molecular complexity index is 812. The van der Waals surface area contributed by atoms with Crippen LogP contribution in [-0.4, -0.2) is 66.0 Å². The van der Waals surface area contributed by atoms with Crippen molar-refractivity contribution in [2.24, 2.45) is 0 Å². The maximum Gasteiger partial charge on any atom is 0.253 e. The van der Waals surface area contributed by atoms with Gasteiger partial charge in [-0.15, -0.1) is 24.8 Å². The number of benzene rings is 1. The van der Waals surface area contributed by atoms with Crippen LogP contribution in [0.25, 0.3) is 11.1 Å². The molecule has 7 heteroatoms. The fraction of sp³-hybridized carbons (Fsp3) is 0.500. The predicted molar refractivity (Wildman–Crippen MR) is 133 cm³/mol. The number of carbonyl (C=O) groups is 1. The normalized spacial score (nSPS) is 17.1. The Morgan fingerprint density at radius 1 is 0.806 bits per heavy atom. The van der Waals surface area contributed by atoms with Crippen molar-refractivity contribution in [2.75, 3.05) is 44.2 Å². The second-order valence-electron chi connectivity index (χ2n) is 8.45. The van der Waals surface area contributed by atoms with Crippen molar-refractivity contribution in [3.8, 4) is 11.1 Å². The third-order valence-corrected chi connectivity index (χ3v) is 6.22. The smallest absolute Gasteiger partial charge is 0.253 e. The molecule has 1 aromatic heterocycles. The minimum Gasteiger partial charge on any atom is -0.354 e. The van der Waals surface area contributed by atoms with E-state index in [2.05, 4.69) is 35.8 Å². The van der Waals surface area contributed by atoms with Crippen LogP contribution in [0.3, 0.4) is 0 Å². The van der Waals surface area contributed by atoms with Crippen molar-refractivity contribution >= 4 is 36.5 Å². The van der Waals surface area contributed by atoms with E-state index < -0.39 is 0 Å². The largest absolute Gasteiger partial charge is 0.354 e. The molecule has 0 bridgehead atoms. The number of aromatic nitrogens is 1. The van der Waals surface area contributed by atoms with Gasteiger partial charge in [-0.25, -0.2) is 4.98 Å². The Labute approximate surface area is 198 Å². The van der Waals surface area contributed by atoms with E-state index in [1.165, 1.54) is 6.42 Å². The highest BCUT2D eigenvalue weighted by Gasteiger charge is 2.20. The van der Waals surface area contributed by atoms with Gasteiger partial charge in [-0.05, 0) is 62.9 Å². The molecule has 31 heavy (non-hydrogen) atoms. The van der Waals surface area contributed by atoms with Crippen molar-refractivity contribution < 1.29 is 4.79 Å². The summed E-state index contributed by atoms with van der Waals surface area (Å²) >= 11 is 0. The molecule has 1 aromatic carbocycles. The van der Waals surface area contributed by atoms with E-state index in [0.29, 0.717) is 6.04 Å². The Balaban J connectivity index is 0.00000171. The molecule has 1 amide bonds. The summed E-state index contributed by atoms with van der Waals surface area (Å²) in [5.41, 5.74) is 2.97. The number of rotatable bonds is 4. The molecule has 0 atom stereocenters. The average molecular weight is 465 g/mol. The highest BCUT2D eigenvalue weighted by molar-refractivity contribution is 5.94. The fourth-order valence-electron chi connectivity index (χ4n) is 4.30. The molecule has 2 fully saturated rings. The van der Waals surface area contributed by atoms with Crippen LogP contribution in [0.4, 0.5) is 5.82 Å². The summed E-state index contributed by atoms with van der Waals surface area (Å²) in [5.74, 6) is 1.21. The molecule has 0 unspecified atom stereocenters. The summed E-state index contributed by atoms with van der Waals surface area (Å²) in [5, 5.41) is 0. The van der Waals surface area contributed by atoms with Crippen molar-refractivity contribution in [1.29, 1.82) is 0 Å². The molecular weight excluding hydrogens is 431 g/mol. The first-order valence-corrected chi connectivity index (χ1v) is 11.0. The first-order chi connectivity index (χ1) is 14.1. The van der Waals surface area contributed by atoms with Gasteiger partial charge in [0.2, 0.25) is 0 Å². The molecule has 2 saturated heterocycles. The number of piperidine rings is 1. The third kappa shape index (κ3) is 6.12. The lowest BCUT2D eigenvalue weighted by Gasteiger charge is -2.37. The molecule has 0 N–H and O–H groups in total. The number of piperazine rings is 1. The molecule has 2 aliphatic rings. The Kier molecular flexibility index (Phi) is 9.60. The zero-order chi connectivity index (χ0) is 20.2. The first-order valence-electron chi connectivity index (χ1n) is 11.0. The Morgan fingerprint density at radius 2 is 1.42 bits per heavy atom. The number of hydrogen-bond acceptors (Lipinski definition) is 4. The molecule has 0 saturated carbocycles. The summed E-state index contributed by atoms with van der Waals surface area (Å²) in [4.78, 5) is 24.2. The van der Waals surface area contributed by atoms with E-state index >= 15 is 0 Å². The summed E-state index contributed by atoms with van der Waals surface area (Å²) in [6, 6.07) is 12.8. The third-order valence-electron chi connectivity index (χ3n) is 6.22. The SMILES string of the molecule is CC(C)N1CCN(c2ccc(-c3ccc(C(=O)N4CCCCC4)cc3)cn2)CC1.Cl.Cl. The second kappa shape index (κ2) is 11.7. The van der Waals surface area contributed by atoms with Gasteiger partial charge in [-0.2, -0.15) is 0 Å². The summed E-state index contributed by atoms with van der Waals surface area (Å²) in [6.45, 7) is 10.5. The van der Waals surface area contributed by atoms with Gasteiger partial charge in [-0.3, -0.25) is 9.69 Å². The van der Waals surface area contributed by atoms with E-state index in [1.54, 1.807) is 0 Å². The van der Waals surface area contributed by atoms with Gasteiger partial charge in [0.05, 0.1) is 0 Å². The van der Waals surface area contributed by atoms with Crippen LogP contribution >= 0.6 is 24.8 Å².